The Balaban J connectivity index is 1.98. The van der Waals surface area contributed by atoms with Crippen LogP contribution in [-0.4, -0.2) is 5.11 Å². The molecule has 0 saturated carbocycles. The molecule has 0 atom stereocenters. The fourth-order valence-electron chi connectivity index (χ4n) is 2.50. The van der Waals surface area contributed by atoms with E-state index in [4.69, 9.17) is 4.42 Å². The number of aromatic hydroxyl groups is 1. The number of benzene rings is 2. The summed E-state index contributed by atoms with van der Waals surface area (Å²) in [6, 6.07) is 10.7. The van der Waals surface area contributed by atoms with Crippen LogP contribution in [0.4, 0.5) is 10.1 Å². The van der Waals surface area contributed by atoms with Crippen molar-refractivity contribution in [2.24, 2.45) is 0 Å². The highest BCUT2D eigenvalue weighted by molar-refractivity contribution is 5.83. The molecule has 5 heteroatoms. The lowest BCUT2D eigenvalue weighted by Crippen LogP contribution is -2.06. The van der Waals surface area contributed by atoms with E-state index in [0.29, 0.717) is 18.5 Å². The maximum atomic E-state index is 12.9. The maximum absolute atomic E-state index is 12.9. The van der Waals surface area contributed by atoms with E-state index in [9.17, 15) is 14.3 Å². The molecule has 1 aromatic heterocycles. The van der Waals surface area contributed by atoms with Crippen LogP contribution >= 0.6 is 0 Å². The predicted octanol–water partition coefficient (Wildman–Crippen LogP) is 3.81. The van der Waals surface area contributed by atoms with Crippen molar-refractivity contribution in [1.82, 2.24) is 0 Å². The van der Waals surface area contributed by atoms with Crippen molar-refractivity contribution in [3.8, 4) is 5.75 Å². The zero-order chi connectivity index (χ0) is 16.4. The van der Waals surface area contributed by atoms with Gasteiger partial charge in [-0.05, 0) is 47.9 Å². The number of anilines is 1. The van der Waals surface area contributed by atoms with E-state index >= 15 is 0 Å². The molecular formula is C18H16FNO3. The summed E-state index contributed by atoms with van der Waals surface area (Å²) in [6.07, 6.45) is 0.672. The van der Waals surface area contributed by atoms with Gasteiger partial charge in [-0.1, -0.05) is 6.92 Å². The summed E-state index contributed by atoms with van der Waals surface area (Å²) in [5.41, 5.74) is 2.17. The molecule has 2 N–H and O–H groups in total. The predicted molar refractivity (Wildman–Crippen MR) is 87.3 cm³/mol. The van der Waals surface area contributed by atoms with Gasteiger partial charge in [-0.3, -0.25) is 0 Å². The van der Waals surface area contributed by atoms with Crippen molar-refractivity contribution in [3.05, 3.63) is 69.8 Å². The third kappa shape index (κ3) is 3.18. The van der Waals surface area contributed by atoms with Gasteiger partial charge in [0, 0.05) is 29.8 Å². The maximum Gasteiger partial charge on any atom is 0.336 e. The Bertz CT molecular complexity index is 901. The topological polar surface area (TPSA) is 62.5 Å². The van der Waals surface area contributed by atoms with E-state index in [-0.39, 0.29) is 11.6 Å². The van der Waals surface area contributed by atoms with E-state index in [1.807, 2.05) is 13.0 Å². The molecule has 0 amide bonds. The molecule has 118 valence electrons. The first-order valence-corrected chi connectivity index (χ1v) is 7.35. The zero-order valence-corrected chi connectivity index (χ0v) is 12.6. The van der Waals surface area contributed by atoms with Crippen LogP contribution in [0.5, 0.6) is 5.75 Å². The number of halogens is 1. The standard InChI is InChI=1S/C18H16FNO3/c1-2-11-7-15-12(8-18(22)23-17(15)9-16(11)21)10-20-14-5-3-13(19)4-6-14/h3-9,20-21H,2,10H2,1H3. The molecule has 0 saturated heterocycles. The zero-order valence-electron chi connectivity index (χ0n) is 12.6. The summed E-state index contributed by atoms with van der Waals surface area (Å²) < 4.78 is 18.1. The summed E-state index contributed by atoms with van der Waals surface area (Å²) in [7, 11) is 0. The van der Waals surface area contributed by atoms with Crippen LogP contribution in [0.25, 0.3) is 11.0 Å². The molecule has 2 aromatic carbocycles. The molecule has 0 aliphatic rings. The van der Waals surface area contributed by atoms with Crippen molar-refractivity contribution in [3.63, 3.8) is 0 Å². The van der Waals surface area contributed by atoms with Crippen LogP contribution in [0.1, 0.15) is 18.1 Å². The van der Waals surface area contributed by atoms with Crippen molar-refractivity contribution >= 4 is 16.7 Å². The quantitative estimate of drug-likeness (QED) is 0.719. The lowest BCUT2D eigenvalue weighted by atomic mass is 10.0. The number of fused-ring (bicyclic) bond motifs is 1. The highest BCUT2D eigenvalue weighted by Gasteiger charge is 2.10. The Kier molecular flexibility index (Phi) is 4.02. The van der Waals surface area contributed by atoms with Gasteiger partial charge in [0.2, 0.25) is 0 Å². The number of aryl methyl sites for hydroxylation is 1. The third-order valence-electron chi connectivity index (χ3n) is 3.74. The second kappa shape index (κ2) is 6.12. The van der Waals surface area contributed by atoms with E-state index in [2.05, 4.69) is 5.32 Å². The number of hydrogen-bond acceptors (Lipinski definition) is 4. The van der Waals surface area contributed by atoms with Gasteiger partial charge in [0.25, 0.3) is 0 Å². The average molecular weight is 313 g/mol. The Labute approximate surface area is 132 Å². The van der Waals surface area contributed by atoms with Crippen LogP contribution in [0.15, 0.2) is 51.7 Å². The summed E-state index contributed by atoms with van der Waals surface area (Å²) in [5.74, 6) is -0.184. The van der Waals surface area contributed by atoms with Crippen LogP contribution in [0.3, 0.4) is 0 Å². The second-order valence-electron chi connectivity index (χ2n) is 5.28. The summed E-state index contributed by atoms with van der Waals surface area (Å²) in [5, 5.41) is 13.8. The molecule has 0 fully saturated rings. The lowest BCUT2D eigenvalue weighted by molar-refractivity contribution is 0.466. The average Bonchev–Trinajstić information content (AvgIpc) is 2.53. The van der Waals surface area contributed by atoms with Crippen LogP contribution in [0.2, 0.25) is 0 Å². The Morgan fingerprint density at radius 2 is 1.87 bits per heavy atom. The first-order valence-electron chi connectivity index (χ1n) is 7.35. The van der Waals surface area contributed by atoms with Crippen molar-refractivity contribution in [1.29, 1.82) is 0 Å². The van der Waals surface area contributed by atoms with Gasteiger partial charge >= 0.3 is 5.63 Å². The number of rotatable bonds is 4. The first kappa shape index (κ1) is 15.1. The summed E-state index contributed by atoms with van der Waals surface area (Å²) >= 11 is 0. The monoisotopic (exact) mass is 313 g/mol. The second-order valence-corrected chi connectivity index (χ2v) is 5.28. The minimum Gasteiger partial charge on any atom is -0.508 e. The molecule has 1 heterocycles. The molecule has 0 aliphatic heterocycles. The molecule has 0 radical (unpaired) electrons. The van der Waals surface area contributed by atoms with Gasteiger partial charge in [0.05, 0.1) is 0 Å². The Morgan fingerprint density at radius 3 is 2.57 bits per heavy atom. The highest BCUT2D eigenvalue weighted by atomic mass is 19.1. The minimum atomic E-state index is -0.475. The van der Waals surface area contributed by atoms with Gasteiger partial charge in [0.1, 0.15) is 17.1 Å². The van der Waals surface area contributed by atoms with Gasteiger partial charge in [-0.15, -0.1) is 0 Å². The number of nitrogens with one attached hydrogen (secondary N) is 1. The fraction of sp³-hybridized carbons (Fsp3) is 0.167. The van der Waals surface area contributed by atoms with Crippen LogP contribution < -0.4 is 10.9 Å². The summed E-state index contributed by atoms with van der Waals surface area (Å²) in [6.45, 7) is 2.33. The van der Waals surface area contributed by atoms with E-state index in [1.165, 1.54) is 24.3 Å². The smallest absolute Gasteiger partial charge is 0.336 e. The molecule has 3 rings (SSSR count). The van der Waals surface area contributed by atoms with E-state index in [0.717, 1.165) is 22.2 Å². The highest BCUT2D eigenvalue weighted by Crippen LogP contribution is 2.27. The third-order valence-corrected chi connectivity index (χ3v) is 3.74. The Morgan fingerprint density at radius 1 is 1.13 bits per heavy atom. The van der Waals surface area contributed by atoms with Gasteiger partial charge in [-0.2, -0.15) is 0 Å². The molecule has 3 aromatic rings. The molecule has 0 spiro atoms. The van der Waals surface area contributed by atoms with Gasteiger partial charge in [-0.25, -0.2) is 9.18 Å². The molecule has 0 unspecified atom stereocenters. The van der Waals surface area contributed by atoms with E-state index in [1.54, 1.807) is 12.1 Å². The van der Waals surface area contributed by atoms with E-state index < -0.39 is 5.63 Å². The van der Waals surface area contributed by atoms with Crippen molar-refractivity contribution in [2.45, 2.75) is 19.9 Å². The van der Waals surface area contributed by atoms with Gasteiger partial charge < -0.3 is 14.8 Å². The minimum absolute atomic E-state index is 0.117. The summed E-state index contributed by atoms with van der Waals surface area (Å²) in [4.78, 5) is 11.7. The molecule has 4 nitrogen and oxygen atoms in total. The van der Waals surface area contributed by atoms with Crippen molar-refractivity contribution in [2.75, 3.05) is 5.32 Å². The number of phenols is 1. The lowest BCUT2D eigenvalue weighted by Gasteiger charge is -2.10. The first-order chi connectivity index (χ1) is 11.1. The largest absolute Gasteiger partial charge is 0.508 e. The number of phenolic OH excluding ortho intramolecular Hbond substituents is 1. The SMILES string of the molecule is CCc1cc2c(CNc3ccc(F)cc3)cc(=O)oc2cc1O. The fourth-order valence-corrected chi connectivity index (χ4v) is 2.50. The molecular weight excluding hydrogens is 297 g/mol. The van der Waals surface area contributed by atoms with Gasteiger partial charge in [0.15, 0.2) is 0 Å². The Hall–Kier alpha value is -2.82. The van der Waals surface area contributed by atoms with Crippen molar-refractivity contribution < 1.29 is 13.9 Å². The molecule has 0 bridgehead atoms. The van der Waals surface area contributed by atoms with Crippen LogP contribution in [-0.2, 0) is 13.0 Å². The van der Waals surface area contributed by atoms with Crippen LogP contribution in [0, 0.1) is 5.82 Å². The molecule has 23 heavy (non-hydrogen) atoms. The normalized spacial score (nSPS) is 10.9. The molecule has 0 aliphatic carbocycles. The number of hydrogen-bond donors (Lipinski definition) is 2.